The highest BCUT2D eigenvalue weighted by Crippen LogP contribution is 2.17. The molecular weight excluding hydrogens is 422 g/mol. The van der Waals surface area contributed by atoms with Crippen LogP contribution >= 0.6 is 0 Å². The van der Waals surface area contributed by atoms with Crippen molar-refractivity contribution in [3.05, 3.63) is 84.4 Å². The number of anilines is 1. The lowest BCUT2D eigenvalue weighted by Crippen LogP contribution is -2.23. The summed E-state index contributed by atoms with van der Waals surface area (Å²) in [5, 5.41) is 2.89. The van der Waals surface area contributed by atoms with Crippen molar-refractivity contribution in [2.75, 3.05) is 5.73 Å². The van der Waals surface area contributed by atoms with Gasteiger partial charge in [0.15, 0.2) is 0 Å². The normalized spacial score (nSPS) is 10.9. The van der Waals surface area contributed by atoms with E-state index in [4.69, 9.17) is 5.73 Å². The third kappa shape index (κ3) is 6.24. The van der Waals surface area contributed by atoms with Crippen molar-refractivity contribution in [3.8, 4) is 0 Å². The minimum atomic E-state index is -1.33. The maximum absolute atomic E-state index is 12.6. The van der Waals surface area contributed by atoms with Crippen LogP contribution in [0.5, 0.6) is 0 Å². The first-order chi connectivity index (χ1) is 15.6. The number of fused-ring (bicyclic) bond motifs is 1. The Morgan fingerprint density at radius 2 is 1.66 bits per heavy atom. The number of hydrogen-bond acceptors (Lipinski definition) is 5. The average molecular weight is 452 g/mol. The zero-order valence-corrected chi connectivity index (χ0v) is 19.6. The van der Waals surface area contributed by atoms with Crippen LogP contribution in [-0.4, -0.2) is 24.5 Å². The summed E-state index contributed by atoms with van der Waals surface area (Å²) in [6.07, 6.45) is 6.73. The molecule has 1 amide bonds. The molecule has 0 aliphatic carbocycles. The number of nitrogens with two attached hydrogens (primary N) is 1. The number of hydrogen-bond donors (Lipinski definition) is 2. The van der Waals surface area contributed by atoms with E-state index >= 15 is 0 Å². The van der Waals surface area contributed by atoms with Crippen molar-refractivity contribution in [1.29, 1.82) is 0 Å². The molecular formula is C24H29N5O2S. The molecule has 1 aromatic carbocycles. The van der Waals surface area contributed by atoms with E-state index in [1.165, 1.54) is 6.20 Å². The van der Waals surface area contributed by atoms with E-state index < -0.39 is 10.8 Å². The zero-order valence-electron chi connectivity index (χ0n) is 18.8. The zero-order chi connectivity index (χ0) is 23.5. The van der Waals surface area contributed by atoms with Crippen LogP contribution in [0, 0.1) is 0 Å². The van der Waals surface area contributed by atoms with Gasteiger partial charge in [0.25, 0.3) is 5.91 Å². The van der Waals surface area contributed by atoms with Gasteiger partial charge in [0.1, 0.15) is 11.5 Å². The van der Waals surface area contributed by atoms with Crippen molar-refractivity contribution < 1.29 is 9.00 Å². The summed E-state index contributed by atoms with van der Waals surface area (Å²) >= 11 is 0. The molecule has 0 bridgehead atoms. The van der Waals surface area contributed by atoms with Crippen LogP contribution in [0.4, 0.5) is 5.82 Å². The summed E-state index contributed by atoms with van der Waals surface area (Å²) in [6.45, 7) is 8.37. The van der Waals surface area contributed by atoms with Crippen LogP contribution in [0.2, 0.25) is 0 Å². The fourth-order valence-electron chi connectivity index (χ4n) is 2.71. The number of carbonyl (C=O) groups is 1. The van der Waals surface area contributed by atoms with Gasteiger partial charge in [0, 0.05) is 36.2 Å². The number of nitrogen functional groups attached to an aromatic ring is 1. The van der Waals surface area contributed by atoms with E-state index in [9.17, 15) is 9.00 Å². The van der Waals surface area contributed by atoms with Gasteiger partial charge >= 0.3 is 0 Å². The first-order valence-electron chi connectivity index (χ1n) is 10.5. The Bertz CT molecular complexity index is 1160. The molecule has 0 saturated heterocycles. The first-order valence-corrected chi connectivity index (χ1v) is 11.7. The molecule has 0 aliphatic heterocycles. The number of carbonyl (C=O) groups excluding carboxylic acids is 1. The lowest BCUT2D eigenvalue weighted by molar-refractivity contribution is 0.0950. The number of amides is 1. The number of nitrogens with one attached hydrogen (secondary N) is 1. The highest BCUT2D eigenvalue weighted by molar-refractivity contribution is 7.85. The van der Waals surface area contributed by atoms with E-state index in [1.54, 1.807) is 59.4 Å². The monoisotopic (exact) mass is 451 g/mol. The lowest BCUT2D eigenvalue weighted by atomic mass is 10.2. The molecule has 3 N–H and O–H groups in total. The number of aromatic nitrogens is 3. The van der Waals surface area contributed by atoms with Gasteiger partial charge in [-0.1, -0.05) is 39.8 Å². The summed E-state index contributed by atoms with van der Waals surface area (Å²) in [7, 11) is -1.33. The fourth-order valence-corrected chi connectivity index (χ4v) is 3.70. The van der Waals surface area contributed by atoms with E-state index in [-0.39, 0.29) is 5.91 Å². The maximum atomic E-state index is 12.6. The minimum Gasteiger partial charge on any atom is -0.384 e. The van der Waals surface area contributed by atoms with Crippen molar-refractivity contribution in [2.24, 2.45) is 0 Å². The molecule has 4 rings (SSSR count). The second kappa shape index (κ2) is 12.4. The lowest BCUT2D eigenvalue weighted by Gasteiger charge is -2.07. The van der Waals surface area contributed by atoms with Crippen molar-refractivity contribution >= 4 is 28.2 Å². The largest absolute Gasteiger partial charge is 0.384 e. The van der Waals surface area contributed by atoms with Gasteiger partial charge in [0.05, 0.1) is 21.3 Å². The molecule has 4 aromatic rings. The maximum Gasteiger partial charge on any atom is 0.253 e. The van der Waals surface area contributed by atoms with Crippen LogP contribution < -0.4 is 11.1 Å². The molecule has 1 unspecified atom stereocenters. The fraction of sp³-hybridized carbons (Fsp3) is 0.208. The summed E-state index contributed by atoms with van der Waals surface area (Å²) in [5.41, 5.74) is 7.81. The number of benzene rings is 1. The van der Waals surface area contributed by atoms with Crippen molar-refractivity contribution in [2.45, 2.75) is 44.0 Å². The molecule has 0 aliphatic rings. The Morgan fingerprint density at radius 3 is 2.31 bits per heavy atom. The van der Waals surface area contributed by atoms with Gasteiger partial charge in [0.2, 0.25) is 0 Å². The Hall–Kier alpha value is -3.52. The Morgan fingerprint density at radius 1 is 0.969 bits per heavy atom. The molecule has 8 heteroatoms. The van der Waals surface area contributed by atoms with E-state index in [0.29, 0.717) is 27.7 Å². The van der Waals surface area contributed by atoms with Gasteiger partial charge in [-0.25, -0.2) is 14.2 Å². The predicted molar refractivity (Wildman–Crippen MR) is 129 cm³/mol. The van der Waals surface area contributed by atoms with Crippen LogP contribution in [0.1, 0.15) is 43.6 Å². The molecule has 0 radical (unpaired) electrons. The second-order valence-electron chi connectivity index (χ2n) is 6.12. The van der Waals surface area contributed by atoms with Crippen LogP contribution in [0.3, 0.4) is 0 Å². The Balaban J connectivity index is 0.000000860. The quantitative estimate of drug-likeness (QED) is 0.466. The molecule has 0 saturated carbocycles. The first kappa shape index (κ1) is 24.7. The SMILES string of the molecule is CC.CC.Nc1ccc(S(=O)c2ccc(CNC(=O)c3ccc4nccn4c3)cc2)cn1. The smallest absolute Gasteiger partial charge is 0.253 e. The molecule has 32 heavy (non-hydrogen) atoms. The van der Waals surface area contributed by atoms with Gasteiger partial charge in [-0.15, -0.1) is 0 Å². The Kier molecular flexibility index (Phi) is 9.56. The molecule has 0 spiro atoms. The van der Waals surface area contributed by atoms with E-state index in [0.717, 1.165) is 11.2 Å². The van der Waals surface area contributed by atoms with Crippen LogP contribution in [0.15, 0.2) is 83.1 Å². The predicted octanol–water partition coefficient (Wildman–Crippen LogP) is 4.46. The van der Waals surface area contributed by atoms with Gasteiger partial charge in [-0.2, -0.15) is 0 Å². The average Bonchev–Trinajstić information content (AvgIpc) is 3.33. The summed E-state index contributed by atoms with van der Waals surface area (Å²) in [5.74, 6) is 0.218. The molecule has 7 nitrogen and oxygen atoms in total. The molecule has 168 valence electrons. The highest BCUT2D eigenvalue weighted by Gasteiger charge is 2.09. The summed E-state index contributed by atoms with van der Waals surface area (Å²) in [4.78, 5) is 21.7. The molecule has 0 fully saturated rings. The molecule has 1 atom stereocenters. The topological polar surface area (TPSA) is 102 Å². The third-order valence-electron chi connectivity index (χ3n) is 4.21. The number of pyridine rings is 2. The van der Waals surface area contributed by atoms with E-state index in [2.05, 4.69) is 15.3 Å². The summed E-state index contributed by atoms with van der Waals surface area (Å²) in [6, 6.07) is 14.1. The number of imidazole rings is 1. The standard InChI is InChI=1S/C20H17N5O2S.2C2H6/c21-18-7-6-17(12-23-18)28(27)16-4-1-14(2-5-16)11-24-20(26)15-3-8-19-22-9-10-25(19)13-15;2*1-2/h1-10,12-13H,11H2,(H2,21,23)(H,24,26);2*1-2H3. The van der Waals surface area contributed by atoms with Crippen LogP contribution in [0.25, 0.3) is 5.65 Å². The molecule has 3 aromatic heterocycles. The molecule has 3 heterocycles. The van der Waals surface area contributed by atoms with Gasteiger partial charge < -0.3 is 15.5 Å². The van der Waals surface area contributed by atoms with Crippen LogP contribution in [-0.2, 0) is 17.3 Å². The van der Waals surface area contributed by atoms with Gasteiger partial charge in [-0.3, -0.25) is 4.79 Å². The second-order valence-corrected chi connectivity index (χ2v) is 7.60. The number of rotatable bonds is 5. The highest BCUT2D eigenvalue weighted by atomic mass is 32.2. The van der Waals surface area contributed by atoms with E-state index in [1.807, 2.05) is 39.8 Å². The van der Waals surface area contributed by atoms with Crippen molar-refractivity contribution in [3.63, 3.8) is 0 Å². The third-order valence-corrected chi connectivity index (χ3v) is 5.58. The Labute approximate surface area is 191 Å². The number of nitrogens with zero attached hydrogens (tertiary/aromatic N) is 3. The minimum absolute atomic E-state index is 0.170. The van der Waals surface area contributed by atoms with Gasteiger partial charge in [-0.05, 0) is 42.0 Å². The summed E-state index contributed by atoms with van der Waals surface area (Å²) < 4.78 is 14.4. The van der Waals surface area contributed by atoms with Crippen molar-refractivity contribution in [1.82, 2.24) is 19.7 Å².